The molecule has 1 aromatic heterocycles. The van der Waals surface area contributed by atoms with Gasteiger partial charge in [-0.1, -0.05) is 11.6 Å². The fraction of sp³-hybridized carbons (Fsp3) is 0.571. The second-order valence-corrected chi connectivity index (χ2v) is 7.41. The minimum Gasteiger partial charge on any atom is -0.356 e. The molecular weight excluding hydrogens is 308 g/mol. The zero-order valence-electron chi connectivity index (χ0n) is 12.9. The summed E-state index contributed by atoms with van der Waals surface area (Å²) in [7, 11) is 1.68. The third-order valence-corrected chi connectivity index (χ3v) is 3.74. The molecule has 5 nitrogen and oxygen atoms in total. The average Bonchev–Trinajstić information content (AvgIpc) is 2.77. The van der Waals surface area contributed by atoms with Gasteiger partial charge in [0, 0.05) is 24.0 Å². The van der Waals surface area contributed by atoms with E-state index in [1.54, 1.807) is 18.4 Å². The number of carbonyl (C=O) groups is 1. The first-order valence-electron chi connectivity index (χ1n) is 6.80. The van der Waals surface area contributed by atoms with Crippen LogP contribution in [-0.4, -0.2) is 37.5 Å². The van der Waals surface area contributed by atoms with Crippen LogP contribution in [-0.2, 0) is 11.2 Å². The van der Waals surface area contributed by atoms with E-state index in [2.05, 4.69) is 20.9 Å². The lowest BCUT2D eigenvalue weighted by molar-refractivity contribution is -0.121. The van der Waals surface area contributed by atoms with Gasteiger partial charge in [-0.2, -0.15) is 0 Å². The smallest absolute Gasteiger partial charge is 0.239 e. The first-order chi connectivity index (χ1) is 9.80. The van der Waals surface area contributed by atoms with E-state index in [0.29, 0.717) is 5.96 Å². The second kappa shape index (κ2) is 8.24. The van der Waals surface area contributed by atoms with Crippen LogP contribution in [0.15, 0.2) is 17.1 Å². The Morgan fingerprint density at radius 2 is 2.05 bits per heavy atom. The maximum Gasteiger partial charge on any atom is 0.239 e. The van der Waals surface area contributed by atoms with Gasteiger partial charge in [0.1, 0.15) is 0 Å². The molecule has 21 heavy (non-hydrogen) atoms. The Hall–Kier alpha value is -1.27. The van der Waals surface area contributed by atoms with Crippen LogP contribution < -0.4 is 16.0 Å². The number of carbonyl (C=O) groups excluding carboxylic acids is 1. The van der Waals surface area contributed by atoms with Crippen molar-refractivity contribution in [3.63, 3.8) is 0 Å². The average molecular weight is 331 g/mol. The molecule has 0 aliphatic rings. The van der Waals surface area contributed by atoms with E-state index in [-0.39, 0.29) is 18.0 Å². The van der Waals surface area contributed by atoms with E-state index in [1.807, 2.05) is 32.9 Å². The van der Waals surface area contributed by atoms with E-state index < -0.39 is 0 Å². The van der Waals surface area contributed by atoms with Gasteiger partial charge < -0.3 is 16.0 Å². The topological polar surface area (TPSA) is 65.5 Å². The summed E-state index contributed by atoms with van der Waals surface area (Å²) in [6.45, 7) is 6.78. The van der Waals surface area contributed by atoms with Gasteiger partial charge in [0.15, 0.2) is 5.96 Å². The maximum atomic E-state index is 11.7. The molecule has 1 amide bonds. The molecule has 0 spiro atoms. The molecule has 0 fully saturated rings. The van der Waals surface area contributed by atoms with Gasteiger partial charge in [-0.15, -0.1) is 11.3 Å². The molecule has 7 heteroatoms. The standard InChI is InChI=1S/C14H23ClN4OS/c1-14(2,3)19-12(20)9-18-13(16-4)17-8-7-10-5-6-11(15)21-10/h5-6H,7-9H2,1-4H3,(H,19,20)(H2,16,17,18). The van der Waals surface area contributed by atoms with Crippen LogP contribution in [0.25, 0.3) is 0 Å². The van der Waals surface area contributed by atoms with Crippen molar-refractivity contribution in [3.05, 3.63) is 21.3 Å². The Morgan fingerprint density at radius 3 is 2.57 bits per heavy atom. The Balaban J connectivity index is 2.27. The number of amides is 1. The van der Waals surface area contributed by atoms with Gasteiger partial charge in [-0.05, 0) is 39.3 Å². The molecule has 0 aliphatic carbocycles. The first-order valence-corrected chi connectivity index (χ1v) is 7.99. The number of guanidine groups is 1. The molecule has 0 radical (unpaired) electrons. The Bertz CT molecular complexity index is 493. The monoisotopic (exact) mass is 330 g/mol. The lowest BCUT2D eigenvalue weighted by Crippen LogP contribution is -2.48. The second-order valence-electron chi connectivity index (χ2n) is 5.61. The molecule has 0 unspecified atom stereocenters. The number of hydrogen-bond acceptors (Lipinski definition) is 3. The molecule has 0 bridgehead atoms. The van der Waals surface area contributed by atoms with Crippen LogP contribution in [0.3, 0.4) is 0 Å². The minimum atomic E-state index is -0.228. The normalized spacial score (nSPS) is 12.1. The number of rotatable bonds is 5. The number of nitrogens with one attached hydrogen (secondary N) is 3. The highest BCUT2D eigenvalue weighted by Crippen LogP contribution is 2.21. The third-order valence-electron chi connectivity index (χ3n) is 2.45. The molecule has 118 valence electrons. The third kappa shape index (κ3) is 7.92. The summed E-state index contributed by atoms with van der Waals surface area (Å²) in [6.07, 6.45) is 0.867. The summed E-state index contributed by atoms with van der Waals surface area (Å²) < 4.78 is 0.798. The lowest BCUT2D eigenvalue weighted by atomic mass is 10.1. The summed E-state index contributed by atoms with van der Waals surface area (Å²) in [5, 5.41) is 9.04. The molecule has 0 saturated carbocycles. The van der Waals surface area contributed by atoms with Gasteiger partial charge in [-0.25, -0.2) is 0 Å². The zero-order chi connectivity index (χ0) is 15.9. The maximum absolute atomic E-state index is 11.7. The fourth-order valence-corrected chi connectivity index (χ4v) is 2.72. The van der Waals surface area contributed by atoms with Gasteiger partial charge in [0.25, 0.3) is 0 Å². The van der Waals surface area contributed by atoms with Crippen molar-refractivity contribution in [1.82, 2.24) is 16.0 Å². The van der Waals surface area contributed by atoms with E-state index in [4.69, 9.17) is 11.6 Å². The summed E-state index contributed by atoms with van der Waals surface area (Å²) in [5.41, 5.74) is -0.228. The van der Waals surface area contributed by atoms with Gasteiger partial charge in [0.05, 0.1) is 10.9 Å². The van der Waals surface area contributed by atoms with Crippen LogP contribution in [0.5, 0.6) is 0 Å². The molecular formula is C14H23ClN4OS. The van der Waals surface area contributed by atoms with Crippen LogP contribution in [0.4, 0.5) is 0 Å². The highest BCUT2D eigenvalue weighted by atomic mass is 35.5. The van der Waals surface area contributed by atoms with Crippen LogP contribution in [0, 0.1) is 0 Å². The van der Waals surface area contributed by atoms with Crippen molar-refractivity contribution in [2.24, 2.45) is 4.99 Å². The van der Waals surface area contributed by atoms with Gasteiger partial charge in [0.2, 0.25) is 5.91 Å². The number of thiophene rings is 1. The lowest BCUT2D eigenvalue weighted by Gasteiger charge is -2.21. The highest BCUT2D eigenvalue weighted by molar-refractivity contribution is 7.16. The predicted molar refractivity (Wildman–Crippen MR) is 90.3 cm³/mol. The summed E-state index contributed by atoms with van der Waals surface area (Å²) in [4.78, 5) is 17.0. The molecule has 1 heterocycles. The Kier molecular flexibility index (Phi) is 6.98. The molecule has 0 aliphatic heterocycles. The predicted octanol–water partition coefficient (Wildman–Crippen LogP) is 2.02. The van der Waals surface area contributed by atoms with Crippen LogP contribution in [0.2, 0.25) is 4.34 Å². The Labute approximate surface area is 135 Å². The van der Waals surface area contributed by atoms with Crippen molar-refractivity contribution in [1.29, 1.82) is 0 Å². The zero-order valence-corrected chi connectivity index (χ0v) is 14.5. The van der Waals surface area contributed by atoms with Crippen molar-refractivity contribution in [3.8, 4) is 0 Å². The number of nitrogens with zero attached hydrogens (tertiary/aromatic N) is 1. The van der Waals surface area contributed by atoms with Gasteiger partial charge in [-0.3, -0.25) is 9.79 Å². The Morgan fingerprint density at radius 1 is 1.33 bits per heavy atom. The largest absolute Gasteiger partial charge is 0.356 e. The molecule has 0 saturated heterocycles. The summed E-state index contributed by atoms with van der Waals surface area (Å²) in [6, 6.07) is 3.91. The molecule has 0 atom stereocenters. The number of halogens is 1. The van der Waals surface area contributed by atoms with Crippen molar-refractivity contribution in [2.45, 2.75) is 32.7 Å². The van der Waals surface area contributed by atoms with Crippen molar-refractivity contribution in [2.75, 3.05) is 20.1 Å². The van der Waals surface area contributed by atoms with Gasteiger partial charge >= 0.3 is 0 Å². The SMILES string of the molecule is CN=C(NCCc1ccc(Cl)s1)NCC(=O)NC(C)(C)C. The highest BCUT2D eigenvalue weighted by Gasteiger charge is 2.13. The molecule has 3 N–H and O–H groups in total. The van der Waals surface area contributed by atoms with E-state index in [9.17, 15) is 4.79 Å². The first kappa shape index (κ1) is 17.8. The van der Waals surface area contributed by atoms with Crippen molar-refractivity contribution < 1.29 is 4.79 Å². The quantitative estimate of drug-likeness (QED) is 0.571. The van der Waals surface area contributed by atoms with Crippen LogP contribution in [0.1, 0.15) is 25.6 Å². The fourth-order valence-electron chi connectivity index (χ4n) is 1.64. The van der Waals surface area contributed by atoms with Crippen molar-refractivity contribution >= 4 is 34.8 Å². The number of hydrogen-bond donors (Lipinski definition) is 3. The molecule has 0 aromatic carbocycles. The van der Waals surface area contributed by atoms with E-state index in [0.717, 1.165) is 17.3 Å². The summed E-state index contributed by atoms with van der Waals surface area (Å²) >= 11 is 7.46. The number of aliphatic imine (C=N–C) groups is 1. The van der Waals surface area contributed by atoms with Crippen LogP contribution >= 0.6 is 22.9 Å². The molecule has 1 rings (SSSR count). The molecule has 1 aromatic rings. The van der Waals surface area contributed by atoms with E-state index >= 15 is 0 Å². The summed E-state index contributed by atoms with van der Waals surface area (Å²) in [5.74, 6) is 0.553. The van der Waals surface area contributed by atoms with E-state index in [1.165, 1.54) is 4.88 Å². The minimum absolute atomic E-state index is 0.0597.